The number of benzene rings is 2. The Morgan fingerprint density at radius 3 is 2.54 bits per heavy atom. The van der Waals surface area contributed by atoms with Gasteiger partial charge < -0.3 is 0 Å². The van der Waals surface area contributed by atoms with Crippen LogP contribution in [0, 0.1) is 12.7 Å². The zero-order valence-electron chi connectivity index (χ0n) is 13.7. The maximum Gasteiger partial charge on any atom is 0.266 e. The monoisotopic (exact) mass is 374 g/mol. The van der Waals surface area contributed by atoms with Gasteiger partial charge in [-0.2, -0.15) is 5.10 Å². The molecule has 2 aromatic carbocycles. The van der Waals surface area contributed by atoms with Gasteiger partial charge in [-0.05, 0) is 42.8 Å². The van der Waals surface area contributed by atoms with Gasteiger partial charge in [0.15, 0.2) is 0 Å². The van der Waals surface area contributed by atoms with E-state index in [1.807, 2.05) is 11.8 Å². The van der Waals surface area contributed by atoms with Crippen molar-refractivity contribution in [3.05, 3.63) is 77.9 Å². The molecule has 0 aliphatic heterocycles. The summed E-state index contributed by atoms with van der Waals surface area (Å²) in [5.74, 6) is -1.44. The van der Waals surface area contributed by atoms with Crippen molar-refractivity contribution in [3.8, 4) is 5.69 Å². The molecule has 0 aliphatic carbocycles. The first-order chi connectivity index (χ1) is 12.3. The predicted octanol–water partition coefficient (Wildman–Crippen LogP) is 1.94. The molecule has 3 rings (SSSR count). The standard InChI is InChI=1S/C17H15FN4O3S/c1-12-10-19-22(11-12)15-8-13(7-14(18)9-15)17(23)20-21-26(24,25)16-5-3-2-4-6-16/h2-11,21H,1H3,(H,20,23). The Hall–Kier alpha value is -3.04. The average Bonchev–Trinajstić information content (AvgIpc) is 3.06. The SMILES string of the molecule is Cc1cnn(-c2cc(F)cc(C(=O)NNS(=O)(=O)c3ccccc3)c2)c1. The van der Waals surface area contributed by atoms with Crippen LogP contribution < -0.4 is 10.3 Å². The molecule has 0 atom stereocenters. The number of nitrogens with one attached hydrogen (secondary N) is 2. The molecule has 0 spiro atoms. The van der Waals surface area contributed by atoms with Crippen LogP contribution in [0.15, 0.2) is 65.8 Å². The first-order valence-corrected chi connectivity index (χ1v) is 9.03. The maximum atomic E-state index is 13.9. The Kier molecular flexibility index (Phi) is 4.83. The molecule has 0 radical (unpaired) electrons. The predicted molar refractivity (Wildman–Crippen MR) is 92.5 cm³/mol. The molecular formula is C17H15FN4O3S. The second-order valence-electron chi connectivity index (χ2n) is 5.53. The lowest BCUT2D eigenvalue weighted by Gasteiger charge is -2.10. The number of nitrogens with zero attached hydrogens (tertiary/aromatic N) is 2. The highest BCUT2D eigenvalue weighted by Gasteiger charge is 2.16. The fourth-order valence-corrected chi connectivity index (χ4v) is 3.10. The molecule has 1 aromatic heterocycles. The Bertz CT molecular complexity index is 1050. The van der Waals surface area contributed by atoms with E-state index < -0.39 is 21.7 Å². The quantitative estimate of drug-likeness (QED) is 0.668. The highest BCUT2D eigenvalue weighted by Crippen LogP contribution is 2.14. The van der Waals surface area contributed by atoms with Crippen LogP contribution in [-0.4, -0.2) is 24.1 Å². The van der Waals surface area contributed by atoms with E-state index >= 15 is 0 Å². The van der Waals surface area contributed by atoms with Gasteiger partial charge in [0, 0.05) is 11.8 Å². The van der Waals surface area contributed by atoms with Gasteiger partial charge >= 0.3 is 0 Å². The van der Waals surface area contributed by atoms with E-state index in [1.165, 1.54) is 28.9 Å². The number of hydrazine groups is 1. The molecule has 0 unspecified atom stereocenters. The number of hydrogen-bond acceptors (Lipinski definition) is 4. The molecule has 1 heterocycles. The van der Waals surface area contributed by atoms with E-state index in [2.05, 4.69) is 10.5 Å². The largest absolute Gasteiger partial charge is 0.273 e. The molecule has 0 fully saturated rings. The van der Waals surface area contributed by atoms with Crippen LogP contribution in [0.2, 0.25) is 0 Å². The van der Waals surface area contributed by atoms with Crippen molar-refractivity contribution < 1.29 is 17.6 Å². The molecule has 134 valence electrons. The Labute approximate surface area is 149 Å². The van der Waals surface area contributed by atoms with E-state index in [0.29, 0.717) is 5.69 Å². The van der Waals surface area contributed by atoms with Crippen molar-refractivity contribution >= 4 is 15.9 Å². The number of aromatic nitrogens is 2. The van der Waals surface area contributed by atoms with Gasteiger partial charge in [0.25, 0.3) is 15.9 Å². The fourth-order valence-electron chi connectivity index (χ4n) is 2.24. The Morgan fingerprint density at radius 1 is 1.15 bits per heavy atom. The van der Waals surface area contributed by atoms with E-state index in [-0.39, 0.29) is 10.5 Å². The van der Waals surface area contributed by atoms with Gasteiger partial charge in [0.2, 0.25) is 0 Å². The smallest absolute Gasteiger partial charge is 0.266 e. The van der Waals surface area contributed by atoms with Crippen molar-refractivity contribution in [2.75, 3.05) is 0 Å². The van der Waals surface area contributed by atoms with Crippen LogP contribution in [0.1, 0.15) is 15.9 Å². The summed E-state index contributed by atoms with van der Waals surface area (Å²) in [5, 5.41) is 4.06. The van der Waals surface area contributed by atoms with Crippen LogP contribution in [-0.2, 0) is 10.0 Å². The Morgan fingerprint density at radius 2 is 1.88 bits per heavy atom. The molecule has 3 aromatic rings. The van der Waals surface area contributed by atoms with E-state index in [1.54, 1.807) is 30.6 Å². The average molecular weight is 374 g/mol. The number of carbonyl (C=O) groups is 1. The van der Waals surface area contributed by atoms with Crippen LogP contribution in [0.4, 0.5) is 4.39 Å². The molecule has 0 saturated carbocycles. The molecule has 9 heteroatoms. The van der Waals surface area contributed by atoms with Crippen LogP contribution in [0.5, 0.6) is 0 Å². The van der Waals surface area contributed by atoms with Crippen molar-refractivity contribution in [2.24, 2.45) is 0 Å². The zero-order chi connectivity index (χ0) is 18.7. The van der Waals surface area contributed by atoms with Crippen LogP contribution in [0.3, 0.4) is 0 Å². The molecular weight excluding hydrogens is 359 g/mol. The van der Waals surface area contributed by atoms with E-state index in [4.69, 9.17) is 0 Å². The number of aryl methyl sites for hydroxylation is 1. The van der Waals surface area contributed by atoms with Crippen LogP contribution >= 0.6 is 0 Å². The lowest BCUT2D eigenvalue weighted by Crippen LogP contribution is -2.41. The minimum absolute atomic E-state index is 0.00718. The normalized spacial score (nSPS) is 11.3. The van der Waals surface area contributed by atoms with Crippen molar-refractivity contribution in [3.63, 3.8) is 0 Å². The van der Waals surface area contributed by atoms with Gasteiger partial charge in [-0.3, -0.25) is 10.2 Å². The summed E-state index contributed by atoms with van der Waals surface area (Å²) < 4.78 is 39.5. The molecule has 1 amide bonds. The number of hydrogen-bond donors (Lipinski definition) is 2. The molecule has 7 nitrogen and oxygen atoms in total. The van der Waals surface area contributed by atoms with Gasteiger partial charge in [-0.15, -0.1) is 4.83 Å². The third-order valence-electron chi connectivity index (χ3n) is 3.47. The van der Waals surface area contributed by atoms with Gasteiger partial charge in [0.1, 0.15) is 5.82 Å². The fraction of sp³-hybridized carbons (Fsp3) is 0.0588. The second-order valence-corrected chi connectivity index (χ2v) is 7.22. The van der Waals surface area contributed by atoms with Crippen molar-refractivity contribution in [1.29, 1.82) is 0 Å². The van der Waals surface area contributed by atoms with Gasteiger partial charge in [0.05, 0.1) is 16.8 Å². The summed E-state index contributed by atoms with van der Waals surface area (Å²) in [6, 6.07) is 11.2. The molecule has 0 bridgehead atoms. The van der Waals surface area contributed by atoms with Crippen molar-refractivity contribution in [1.82, 2.24) is 20.0 Å². The topological polar surface area (TPSA) is 93.1 Å². The summed E-state index contributed by atoms with van der Waals surface area (Å²) in [5.41, 5.74) is 3.24. The molecule has 0 aliphatic rings. The number of rotatable bonds is 5. The summed E-state index contributed by atoms with van der Waals surface area (Å²) in [7, 11) is -3.93. The van der Waals surface area contributed by atoms with E-state index in [0.717, 1.165) is 11.6 Å². The highest BCUT2D eigenvalue weighted by atomic mass is 32.2. The highest BCUT2D eigenvalue weighted by molar-refractivity contribution is 7.89. The minimum atomic E-state index is -3.93. The molecule has 2 N–H and O–H groups in total. The lowest BCUT2D eigenvalue weighted by molar-refractivity contribution is 0.0944. The van der Waals surface area contributed by atoms with Gasteiger partial charge in [-0.25, -0.2) is 17.5 Å². The lowest BCUT2D eigenvalue weighted by atomic mass is 10.2. The second kappa shape index (κ2) is 7.06. The minimum Gasteiger partial charge on any atom is -0.273 e. The number of halogens is 1. The number of carbonyl (C=O) groups excluding carboxylic acids is 1. The van der Waals surface area contributed by atoms with Gasteiger partial charge in [-0.1, -0.05) is 18.2 Å². The molecule has 26 heavy (non-hydrogen) atoms. The van der Waals surface area contributed by atoms with Crippen LogP contribution in [0.25, 0.3) is 5.69 Å². The number of sulfonamides is 1. The summed E-state index contributed by atoms with van der Waals surface area (Å²) in [6.07, 6.45) is 3.27. The first-order valence-electron chi connectivity index (χ1n) is 7.54. The zero-order valence-corrected chi connectivity index (χ0v) is 14.5. The van der Waals surface area contributed by atoms with E-state index in [9.17, 15) is 17.6 Å². The maximum absolute atomic E-state index is 13.9. The summed E-state index contributed by atoms with van der Waals surface area (Å²) in [6.45, 7) is 1.83. The summed E-state index contributed by atoms with van der Waals surface area (Å²) >= 11 is 0. The first kappa shape index (κ1) is 17.8. The van der Waals surface area contributed by atoms with Crippen molar-refractivity contribution in [2.45, 2.75) is 11.8 Å². The third kappa shape index (κ3) is 3.95. The number of amides is 1. The Balaban J connectivity index is 1.79. The summed E-state index contributed by atoms with van der Waals surface area (Å²) in [4.78, 5) is 14.2. The molecule has 0 saturated heterocycles. The third-order valence-corrected chi connectivity index (χ3v) is 4.74.